The lowest BCUT2D eigenvalue weighted by Gasteiger charge is -2.06. The SMILES string of the molecule is Cc1ccc(COc2ccc(N=Nc3ccccc3C)cc2)cc1. The van der Waals surface area contributed by atoms with E-state index in [1.165, 1.54) is 5.56 Å². The summed E-state index contributed by atoms with van der Waals surface area (Å²) in [6.07, 6.45) is 0. The van der Waals surface area contributed by atoms with Gasteiger partial charge in [0.1, 0.15) is 12.4 Å². The first-order valence-electron chi connectivity index (χ1n) is 7.96. The molecular formula is C21H20N2O. The van der Waals surface area contributed by atoms with E-state index < -0.39 is 0 Å². The van der Waals surface area contributed by atoms with Crippen molar-refractivity contribution in [1.29, 1.82) is 0 Å². The van der Waals surface area contributed by atoms with E-state index in [4.69, 9.17) is 4.74 Å². The molecule has 0 unspecified atom stereocenters. The Labute approximate surface area is 142 Å². The van der Waals surface area contributed by atoms with Crippen LogP contribution >= 0.6 is 0 Å². The van der Waals surface area contributed by atoms with Gasteiger partial charge in [-0.25, -0.2) is 0 Å². The molecule has 120 valence electrons. The number of benzene rings is 3. The molecule has 0 aliphatic rings. The van der Waals surface area contributed by atoms with Crippen molar-refractivity contribution in [2.75, 3.05) is 0 Å². The molecule has 0 aliphatic heterocycles. The minimum Gasteiger partial charge on any atom is -0.489 e. The summed E-state index contributed by atoms with van der Waals surface area (Å²) in [7, 11) is 0. The van der Waals surface area contributed by atoms with Crippen molar-refractivity contribution < 1.29 is 4.74 Å². The quantitative estimate of drug-likeness (QED) is 0.509. The smallest absolute Gasteiger partial charge is 0.119 e. The highest BCUT2D eigenvalue weighted by Crippen LogP contribution is 2.23. The Balaban J connectivity index is 1.61. The standard InChI is InChI=1S/C21H20N2O/c1-16-7-9-18(10-8-16)15-24-20-13-11-19(12-14-20)22-23-21-6-4-3-5-17(21)2/h3-14H,15H2,1-2H3. The first-order valence-corrected chi connectivity index (χ1v) is 7.96. The van der Waals surface area contributed by atoms with Crippen LogP contribution in [0.4, 0.5) is 11.4 Å². The maximum atomic E-state index is 5.80. The molecule has 0 bridgehead atoms. The lowest BCUT2D eigenvalue weighted by Crippen LogP contribution is -1.94. The lowest BCUT2D eigenvalue weighted by molar-refractivity contribution is 0.306. The van der Waals surface area contributed by atoms with Crippen molar-refractivity contribution in [2.24, 2.45) is 10.2 Å². The van der Waals surface area contributed by atoms with Gasteiger partial charge in [0.25, 0.3) is 0 Å². The normalized spacial score (nSPS) is 10.9. The molecule has 0 saturated carbocycles. The molecule has 0 aliphatic carbocycles. The van der Waals surface area contributed by atoms with Crippen molar-refractivity contribution in [3.05, 3.63) is 89.5 Å². The predicted octanol–water partition coefficient (Wildman–Crippen LogP) is 6.30. The van der Waals surface area contributed by atoms with E-state index in [0.717, 1.165) is 28.3 Å². The van der Waals surface area contributed by atoms with Crippen molar-refractivity contribution in [3.63, 3.8) is 0 Å². The lowest BCUT2D eigenvalue weighted by atomic mass is 10.2. The Bertz CT molecular complexity index is 821. The molecule has 3 aromatic carbocycles. The van der Waals surface area contributed by atoms with E-state index in [9.17, 15) is 0 Å². The fourth-order valence-electron chi connectivity index (χ4n) is 2.25. The van der Waals surface area contributed by atoms with Gasteiger partial charge in [-0.05, 0) is 55.3 Å². The van der Waals surface area contributed by atoms with Crippen LogP contribution < -0.4 is 4.74 Å². The van der Waals surface area contributed by atoms with Gasteiger partial charge in [0.2, 0.25) is 0 Å². The number of rotatable bonds is 5. The van der Waals surface area contributed by atoms with Crippen molar-refractivity contribution in [1.82, 2.24) is 0 Å². The van der Waals surface area contributed by atoms with Crippen LogP contribution in [0.3, 0.4) is 0 Å². The maximum absolute atomic E-state index is 5.80. The van der Waals surface area contributed by atoms with E-state index in [-0.39, 0.29) is 0 Å². The zero-order chi connectivity index (χ0) is 16.8. The third-order valence-corrected chi connectivity index (χ3v) is 3.75. The molecule has 0 atom stereocenters. The fraction of sp³-hybridized carbons (Fsp3) is 0.143. The second-order valence-corrected chi connectivity index (χ2v) is 5.75. The van der Waals surface area contributed by atoms with E-state index in [1.54, 1.807) is 0 Å². The Morgan fingerprint density at radius 1 is 0.750 bits per heavy atom. The van der Waals surface area contributed by atoms with E-state index in [2.05, 4.69) is 41.4 Å². The van der Waals surface area contributed by atoms with Gasteiger partial charge in [0.15, 0.2) is 0 Å². The number of aryl methyl sites for hydroxylation is 2. The summed E-state index contributed by atoms with van der Waals surface area (Å²) in [6, 6.07) is 23.9. The first kappa shape index (κ1) is 15.9. The zero-order valence-corrected chi connectivity index (χ0v) is 13.9. The monoisotopic (exact) mass is 316 g/mol. The van der Waals surface area contributed by atoms with E-state index >= 15 is 0 Å². The number of azo groups is 1. The summed E-state index contributed by atoms with van der Waals surface area (Å²) >= 11 is 0. The molecule has 0 spiro atoms. The van der Waals surface area contributed by atoms with Crippen LogP contribution in [0.5, 0.6) is 5.75 Å². The Hall–Kier alpha value is -2.94. The van der Waals surface area contributed by atoms with Gasteiger partial charge in [0, 0.05) is 0 Å². The molecule has 0 aromatic heterocycles. The zero-order valence-electron chi connectivity index (χ0n) is 13.9. The van der Waals surface area contributed by atoms with Gasteiger partial charge in [-0.15, -0.1) is 0 Å². The molecule has 0 saturated heterocycles. The van der Waals surface area contributed by atoms with Crippen molar-refractivity contribution in [3.8, 4) is 5.75 Å². The molecule has 3 aromatic rings. The maximum Gasteiger partial charge on any atom is 0.119 e. The Kier molecular flexibility index (Phi) is 5.02. The molecule has 0 fully saturated rings. The van der Waals surface area contributed by atoms with Crippen molar-refractivity contribution >= 4 is 11.4 Å². The Morgan fingerprint density at radius 2 is 1.46 bits per heavy atom. The Morgan fingerprint density at radius 3 is 2.17 bits per heavy atom. The van der Waals surface area contributed by atoms with Crippen LogP contribution in [0, 0.1) is 13.8 Å². The number of ether oxygens (including phenoxy) is 1. The highest BCUT2D eigenvalue weighted by molar-refractivity contribution is 5.46. The average molecular weight is 316 g/mol. The molecule has 24 heavy (non-hydrogen) atoms. The molecule has 3 nitrogen and oxygen atoms in total. The van der Waals surface area contributed by atoms with Crippen LogP contribution in [0.1, 0.15) is 16.7 Å². The summed E-state index contributed by atoms with van der Waals surface area (Å²) in [5, 5.41) is 8.57. The van der Waals surface area contributed by atoms with Crippen LogP contribution in [-0.4, -0.2) is 0 Å². The largest absolute Gasteiger partial charge is 0.489 e. The summed E-state index contributed by atoms with van der Waals surface area (Å²) in [5.74, 6) is 0.824. The van der Waals surface area contributed by atoms with Gasteiger partial charge >= 0.3 is 0 Å². The third kappa shape index (κ3) is 4.29. The minimum atomic E-state index is 0.560. The van der Waals surface area contributed by atoms with E-state index in [1.807, 2.05) is 55.5 Å². The molecular weight excluding hydrogens is 296 g/mol. The second-order valence-electron chi connectivity index (χ2n) is 5.75. The number of nitrogens with zero attached hydrogens (tertiary/aromatic N) is 2. The number of hydrogen-bond donors (Lipinski definition) is 0. The molecule has 0 amide bonds. The van der Waals surface area contributed by atoms with Crippen LogP contribution in [0.2, 0.25) is 0 Å². The minimum absolute atomic E-state index is 0.560. The van der Waals surface area contributed by atoms with Gasteiger partial charge in [-0.1, -0.05) is 48.0 Å². The van der Waals surface area contributed by atoms with Crippen LogP contribution in [0.15, 0.2) is 83.0 Å². The molecule has 3 rings (SSSR count). The van der Waals surface area contributed by atoms with Gasteiger partial charge < -0.3 is 4.74 Å². The van der Waals surface area contributed by atoms with Gasteiger partial charge in [0.05, 0.1) is 11.4 Å². The summed E-state index contributed by atoms with van der Waals surface area (Å²) < 4.78 is 5.80. The van der Waals surface area contributed by atoms with Gasteiger partial charge in [-0.2, -0.15) is 10.2 Å². The molecule has 0 radical (unpaired) electrons. The highest BCUT2D eigenvalue weighted by atomic mass is 16.5. The van der Waals surface area contributed by atoms with Gasteiger partial charge in [-0.3, -0.25) is 0 Å². The molecule has 0 heterocycles. The van der Waals surface area contributed by atoms with Crippen LogP contribution in [0.25, 0.3) is 0 Å². The average Bonchev–Trinajstić information content (AvgIpc) is 2.61. The number of hydrogen-bond acceptors (Lipinski definition) is 3. The molecule has 3 heteroatoms. The predicted molar refractivity (Wildman–Crippen MR) is 97.3 cm³/mol. The second kappa shape index (κ2) is 7.55. The molecule has 0 N–H and O–H groups in total. The van der Waals surface area contributed by atoms with E-state index in [0.29, 0.717) is 6.61 Å². The third-order valence-electron chi connectivity index (χ3n) is 3.75. The van der Waals surface area contributed by atoms with Crippen molar-refractivity contribution in [2.45, 2.75) is 20.5 Å². The topological polar surface area (TPSA) is 34.0 Å². The first-order chi connectivity index (χ1) is 11.7. The fourth-order valence-corrected chi connectivity index (χ4v) is 2.25. The summed E-state index contributed by atoms with van der Waals surface area (Å²) in [4.78, 5) is 0. The van der Waals surface area contributed by atoms with Crippen LogP contribution in [-0.2, 0) is 6.61 Å². The summed E-state index contributed by atoms with van der Waals surface area (Å²) in [5.41, 5.74) is 5.21. The highest BCUT2D eigenvalue weighted by Gasteiger charge is 1.98. The summed E-state index contributed by atoms with van der Waals surface area (Å²) in [6.45, 7) is 4.66.